The quantitative estimate of drug-likeness (QED) is 0.481. The molecule has 0 aliphatic carbocycles. The van der Waals surface area contributed by atoms with Gasteiger partial charge in [0.15, 0.2) is 0 Å². The number of carboxylic acids is 1. The molecule has 11 heteroatoms. The maximum absolute atomic E-state index is 12.7. The van der Waals surface area contributed by atoms with E-state index in [0.29, 0.717) is 27.7 Å². The van der Waals surface area contributed by atoms with E-state index in [4.69, 9.17) is 21.4 Å². The molecule has 0 fully saturated rings. The molecule has 2 aromatic heterocycles. The van der Waals surface area contributed by atoms with Gasteiger partial charge in [0.25, 0.3) is 5.91 Å². The van der Waals surface area contributed by atoms with E-state index >= 15 is 0 Å². The molecule has 0 spiro atoms. The van der Waals surface area contributed by atoms with E-state index in [9.17, 15) is 9.59 Å². The number of likely N-dealkylation sites (N-methyl/N-ethyl adjacent to an activating group) is 1. The van der Waals surface area contributed by atoms with Gasteiger partial charge < -0.3 is 20.1 Å². The van der Waals surface area contributed by atoms with Crippen molar-refractivity contribution in [3.63, 3.8) is 0 Å². The number of ether oxygens (including phenoxy) is 1. The Morgan fingerprint density at radius 1 is 1.30 bits per heavy atom. The summed E-state index contributed by atoms with van der Waals surface area (Å²) in [5.74, 6) is -0.827. The van der Waals surface area contributed by atoms with Crippen LogP contribution in [0.15, 0.2) is 36.8 Å². The zero-order valence-electron chi connectivity index (χ0n) is 18.7. The van der Waals surface area contributed by atoms with Gasteiger partial charge >= 0.3 is 5.97 Å². The van der Waals surface area contributed by atoms with E-state index in [1.807, 2.05) is 24.7 Å². The second-order valence-corrected chi connectivity index (χ2v) is 7.85. The van der Waals surface area contributed by atoms with Gasteiger partial charge in [0, 0.05) is 29.9 Å². The second kappa shape index (κ2) is 10.3. The summed E-state index contributed by atoms with van der Waals surface area (Å²) in [5.41, 5.74) is 2.12. The molecule has 3 rings (SSSR count). The SMILES string of the molecule is CCN(CC(=O)O)C(=O)c1ccc(Nc2ncc(Cl)c(-c3cnn(C(C)C)c3)n2)c(OC)c1. The number of carbonyl (C=O) groups is 2. The summed E-state index contributed by atoms with van der Waals surface area (Å²) in [6.07, 6.45) is 5.05. The Hall–Kier alpha value is -3.66. The number of halogens is 1. The van der Waals surface area contributed by atoms with Gasteiger partial charge in [-0.1, -0.05) is 11.6 Å². The van der Waals surface area contributed by atoms with Crippen molar-refractivity contribution in [2.75, 3.05) is 25.5 Å². The number of hydrogen-bond donors (Lipinski definition) is 2. The molecule has 0 saturated heterocycles. The summed E-state index contributed by atoms with van der Waals surface area (Å²) < 4.78 is 7.24. The van der Waals surface area contributed by atoms with Crippen LogP contribution in [-0.2, 0) is 4.79 Å². The van der Waals surface area contributed by atoms with Gasteiger partial charge in [0.05, 0.1) is 35.9 Å². The van der Waals surface area contributed by atoms with Crippen molar-refractivity contribution in [1.82, 2.24) is 24.6 Å². The third kappa shape index (κ3) is 5.58. The molecule has 3 aromatic rings. The molecule has 0 bridgehead atoms. The zero-order valence-corrected chi connectivity index (χ0v) is 19.5. The van der Waals surface area contributed by atoms with Crippen molar-refractivity contribution >= 4 is 35.1 Å². The van der Waals surface area contributed by atoms with Crippen molar-refractivity contribution in [2.24, 2.45) is 0 Å². The van der Waals surface area contributed by atoms with Crippen molar-refractivity contribution in [2.45, 2.75) is 26.8 Å². The normalized spacial score (nSPS) is 10.8. The number of amides is 1. The minimum atomic E-state index is -1.08. The summed E-state index contributed by atoms with van der Waals surface area (Å²) in [6.45, 7) is 5.64. The Labute approximate surface area is 196 Å². The number of rotatable bonds is 9. The second-order valence-electron chi connectivity index (χ2n) is 7.45. The predicted octanol–water partition coefficient (Wildman–Crippen LogP) is 3.87. The van der Waals surface area contributed by atoms with E-state index in [2.05, 4.69) is 20.4 Å². The van der Waals surface area contributed by atoms with Gasteiger partial charge in [-0.2, -0.15) is 5.10 Å². The fourth-order valence-electron chi connectivity index (χ4n) is 3.09. The van der Waals surface area contributed by atoms with Crippen LogP contribution in [0.5, 0.6) is 5.75 Å². The lowest BCUT2D eigenvalue weighted by Gasteiger charge is -2.19. The fourth-order valence-corrected chi connectivity index (χ4v) is 3.29. The smallest absolute Gasteiger partial charge is 0.323 e. The van der Waals surface area contributed by atoms with Gasteiger partial charge in [-0.15, -0.1) is 0 Å². The van der Waals surface area contributed by atoms with Gasteiger partial charge in [-0.25, -0.2) is 9.97 Å². The first-order chi connectivity index (χ1) is 15.7. The zero-order chi connectivity index (χ0) is 24.1. The number of nitrogens with one attached hydrogen (secondary N) is 1. The van der Waals surface area contributed by atoms with Crippen LogP contribution in [0.3, 0.4) is 0 Å². The number of carbonyl (C=O) groups excluding carboxylic acids is 1. The van der Waals surface area contributed by atoms with Crippen molar-refractivity contribution < 1.29 is 19.4 Å². The van der Waals surface area contributed by atoms with Gasteiger partial charge in [-0.3, -0.25) is 14.3 Å². The third-order valence-corrected chi connectivity index (χ3v) is 5.11. The minimum Gasteiger partial charge on any atom is -0.495 e. The molecule has 1 aromatic carbocycles. The Morgan fingerprint density at radius 2 is 2.06 bits per heavy atom. The molecule has 0 aliphatic heterocycles. The first kappa shape index (κ1) is 24.0. The van der Waals surface area contributed by atoms with Crippen LogP contribution in [0.4, 0.5) is 11.6 Å². The molecule has 0 aliphatic rings. The Morgan fingerprint density at radius 3 is 2.67 bits per heavy atom. The molecular formula is C22H25ClN6O4. The van der Waals surface area contributed by atoms with Crippen LogP contribution >= 0.6 is 11.6 Å². The van der Waals surface area contributed by atoms with Crippen LogP contribution < -0.4 is 10.1 Å². The van der Waals surface area contributed by atoms with Crippen LogP contribution in [0.25, 0.3) is 11.3 Å². The number of anilines is 2. The summed E-state index contributed by atoms with van der Waals surface area (Å²) >= 11 is 6.32. The van der Waals surface area contributed by atoms with Gasteiger partial charge in [-0.05, 0) is 39.0 Å². The van der Waals surface area contributed by atoms with Crippen LogP contribution in [0, 0.1) is 0 Å². The molecular weight excluding hydrogens is 448 g/mol. The number of methoxy groups -OCH3 is 1. The number of aromatic nitrogens is 4. The minimum absolute atomic E-state index is 0.196. The van der Waals surface area contributed by atoms with Crippen molar-refractivity contribution in [3.05, 3.63) is 47.4 Å². The first-order valence-corrected chi connectivity index (χ1v) is 10.6. The standard InChI is InChI=1S/C22H25ClN6O4/c1-5-28(12-19(30)31)21(32)14-6-7-17(18(8-14)33-4)26-22-24-10-16(23)20(27-22)15-9-25-29(11-15)13(2)3/h6-11,13H,5,12H2,1-4H3,(H,30,31)(H,24,26,27). The Balaban J connectivity index is 1.87. The average Bonchev–Trinajstić information content (AvgIpc) is 3.29. The summed E-state index contributed by atoms with van der Waals surface area (Å²) in [5, 5.41) is 16.8. The highest BCUT2D eigenvalue weighted by Crippen LogP contribution is 2.31. The number of carboxylic acid groups (broad SMARTS) is 1. The highest BCUT2D eigenvalue weighted by Gasteiger charge is 2.19. The lowest BCUT2D eigenvalue weighted by Crippen LogP contribution is -2.35. The Bertz CT molecular complexity index is 1160. The monoisotopic (exact) mass is 472 g/mol. The van der Waals surface area contributed by atoms with Gasteiger partial charge in [0.2, 0.25) is 5.95 Å². The summed E-state index contributed by atoms with van der Waals surface area (Å²) in [6, 6.07) is 4.97. The Kier molecular flexibility index (Phi) is 7.49. The van der Waals surface area contributed by atoms with E-state index in [1.54, 1.807) is 31.3 Å². The topological polar surface area (TPSA) is 122 Å². The molecule has 0 unspecified atom stereocenters. The number of aliphatic carboxylic acids is 1. The lowest BCUT2D eigenvalue weighted by molar-refractivity contribution is -0.137. The summed E-state index contributed by atoms with van der Waals surface area (Å²) in [7, 11) is 1.47. The van der Waals surface area contributed by atoms with E-state index in [-0.39, 0.29) is 25.1 Å². The molecule has 2 N–H and O–H groups in total. The molecule has 2 heterocycles. The van der Waals surface area contributed by atoms with Crippen LogP contribution in [0.1, 0.15) is 37.2 Å². The molecule has 10 nitrogen and oxygen atoms in total. The van der Waals surface area contributed by atoms with Crippen molar-refractivity contribution in [3.8, 4) is 17.0 Å². The summed E-state index contributed by atoms with van der Waals surface area (Å²) in [4.78, 5) is 33.7. The van der Waals surface area contributed by atoms with E-state index < -0.39 is 11.9 Å². The molecule has 33 heavy (non-hydrogen) atoms. The number of hydrogen-bond acceptors (Lipinski definition) is 7. The van der Waals surface area contributed by atoms with E-state index in [0.717, 1.165) is 5.56 Å². The first-order valence-electron chi connectivity index (χ1n) is 10.3. The number of benzene rings is 1. The lowest BCUT2D eigenvalue weighted by atomic mass is 10.1. The van der Waals surface area contributed by atoms with Gasteiger partial charge in [0.1, 0.15) is 12.3 Å². The average molecular weight is 473 g/mol. The van der Waals surface area contributed by atoms with Crippen LogP contribution in [-0.4, -0.2) is 61.8 Å². The fraction of sp³-hybridized carbons (Fsp3) is 0.318. The predicted molar refractivity (Wildman–Crippen MR) is 124 cm³/mol. The largest absolute Gasteiger partial charge is 0.495 e. The molecule has 0 radical (unpaired) electrons. The molecule has 1 amide bonds. The third-order valence-electron chi connectivity index (χ3n) is 4.84. The molecule has 0 saturated carbocycles. The van der Waals surface area contributed by atoms with Crippen molar-refractivity contribution in [1.29, 1.82) is 0 Å². The van der Waals surface area contributed by atoms with Crippen LogP contribution in [0.2, 0.25) is 5.02 Å². The van der Waals surface area contributed by atoms with E-state index in [1.165, 1.54) is 18.2 Å². The highest BCUT2D eigenvalue weighted by molar-refractivity contribution is 6.32. The maximum atomic E-state index is 12.7. The highest BCUT2D eigenvalue weighted by atomic mass is 35.5. The molecule has 0 atom stereocenters. The number of nitrogens with zero attached hydrogens (tertiary/aromatic N) is 5. The molecule has 174 valence electrons. The maximum Gasteiger partial charge on any atom is 0.323 e.